The minimum atomic E-state index is -1.08. The third kappa shape index (κ3) is 63.2. The van der Waals surface area contributed by atoms with E-state index >= 15 is 0 Å². The quantitative estimate of drug-likeness (QED) is 0.297. The van der Waals surface area contributed by atoms with Crippen molar-refractivity contribution in [2.24, 2.45) is 0 Å². The first-order valence-electron chi connectivity index (χ1n) is 9.11. The molecule has 0 spiro atoms. The second-order valence-corrected chi connectivity index (χ2v) is 5.88. The van der Waals surface area contributed by atoms with Gasteiger partial charge in [0, 0.05) is 76.9 Å². The molecule has 14 nitrogen and oxygen atoms in total. The predicted molar refractivity (Wildman–Crippen MR) is 115 cm³/mol. The topological polar surface area (TPSA) is 219 Å². The molecule has 2 rings (SSSR count). The Morgan fingerprint density at radius 1 is 0.556 bits per heavy atom. The summed E-state index contributed by atoms with van der Waals surface area (Å²) in [5.41, 5.74) is 0. The Morgan fingerprint density at radius 2 is 0.750 bits per heavy atom. The summed E-state index contributed by atoms with van der Waals surface area (Å²) in [6, 6.07) is 0. The molecule has 2 aromatic rings. The van der Waals surface area contributed by atoms with E-state index in [1.54, 1.807) is 37.2 Å². The van der Waals surface area contributed by atoms with Gasteiger partial charge in [0.15, 0.2) is 0 Å². The molecule has 0 aliphatic heterocycles. The fourth-order valence-corrected chi connectivity index (χ4v) is 1.04. The van der Waals surface area contributed by atoms with Crippen molar-refractivity contribution in [1.29, 1.82) is 0 Å². The standard InChI is InChI=1S/2C6H9N3.4C2H4O2.2Cu/c2*1-9(2)6-5-7-3-4-8-6;4*1-2(3)4;;/h2*3-5H,1-2H3;4*1H3,(H,3,4);;/q;;;;;;2*+2/p-4. The second kappa shape index (κ2) is 31.7. The maximum Gasteiger partial charge on any atom is 2.00 e. The van der Waals surface area contributed by atoms with Gasteiger partial charge in [0.2, 0.25) is 0 Å². The number of aliphatic carboxylic acids is 4. The van der Waals surface area contributed by atoms with Crippen molar-refractivity contribution in [2.75, 3.05) is 38.0 Å². The van der Waals surface area contributed by atoms with Crippen molar-refractivity contribution < 1.29 is 73.7 Å². The molecule has 0 aliphatic carbocycles. The zero-order chi connectivity index (χ0) is 27.7. The second-order valence-electron chi connectivity index (χ2n) is 5.88. The number of nitrogens with zero attached hydrogens (tertiary/aromatic N) is 6. The van der Waals surface area contributed by atoms with Crippen molar-refractivity contribution in [3.8, 4) is 0 Å². The number of carboxylic acid groups (broad SMARTS) is 4. The number of anilines is 2. The van der Waals surface area contributed by atoms with Crippen LogP contribution in [0.5, 0.6) is 0 Å². The summed E-state index contributed by atoms with van der Waals surface area (Å²) in [6.07, 6.45) is 10.1. The van der Waals surface area contributed by atoms with Crippen molar-refractivity contribution in [1.82, 2.24) is 19.9 Å². The average Bonchev–Trinajstić information content (AvgIpc) is 2.68. The largest absolute Gasteiger partial charge is 2.00 e. The maximum absolute atomic E-state index is 8.89. The Morgan fingerprint density at radius 3 is 0.833 bits per heavy atom. The monoisotopic (exact) mass is 608 g/mol. The van der Waals surface area contributed by atoms with Crippen LogP contribution in [-0.4, -0.2) is 72.0 Å². The molecule has 0 saturated heterocycles. The molecule has 2 radical (unpaired) electrons. The predicted octanol–water partition coefficient (Wildman–Crippen LogP) is -3.89. The third-order valence-electron chi connectivity index (χ3n) is 2.02. The van der Waals surface area contributed by atoms with E-state index < -0.39 is 23.9 Å². The Balaban J connectivity index is -0.0000000781. The van der Waals surface area contributed by atoms with Crippen LogP contribution >= 0.6 is 0 Å². The number of rotatable bonds is 2. The molecular weight excluding hydrogens is 579 g/mol. The molecular formula is C20H30Cu2N6O8. The molecule has 0 unspecified atom stereocenters. The summed E-state index contributed by atoms with van der Waals surface area (Å²) >= 11 is 0. The molecule has 2 heterocycles. The van der Waals surface area contributed by atoms with Crippen molar-refractivity contribution in [3.63, 3.8) is 0 Å². The van der Waals surface area contributed by atoms with Gasteiger partial charge < -0.3 is 49.4 Å². The van der Waals surface area contributed by atoms with Gasteiger partial charge in [0.1, 0.15) is 11.6 Å². The van der Waals surface area contributed by atoms with Gasteiger partial charge in [-0.05, 0) is 27.7 Å². The summed E-state index contributed by atoms with van der Waals surface area (Å²) in [6.45, 7) is 3.89. The number of carboxylic acids is 4. The minimum Gasteiger partial charge on any atom is -0.550 e. The fourth-order valence-electron chi connectivity index (χ4n) is 1.04. The van der Waals surface area contributed by atoms with Gasteiger partial charge in [-0.2, -0.15) is 0 Å². The molecule has 0 bridgehead atoms. The van der Waals surface area contributed by atoms with E-state index in [1.807, 2.05) is 38.0 Å². The van der Waals surface area contributed by atoms with Gasteiger partial charge in [-0.3, -0.25) is 9.97 Å². The van der Waals surface area contributed by atoms with Crippen LogP contribution in [0.1, 0.15) is 27.7 Å². The van der Waals surface area contributed by atoms with Gasteiger partial charge in [-0.25, -0.2) is 9.97 Å². The number of hydrogen-bond donors (Lipinski definition) is 0. The van der Waals surface area contributed by atoms with Crippen LogP contribution in [0.4, 0.5) is 11.6 Å². The minimum absolute atomic E-state index is 0. The first kappa shape index (κ1) is 46.1. The summed E-state index contributed by atoms with van der Waals surface area (Å²) in [4.78, 5) is 55.3. The molecule has 0 saturated carbocycles. The van der Waals surface area contributed by atoms with Crippen LogP contribution in [0.2, 0.25) is 0 Å². The first-order chi connectivity index (χ1) is 15.5. The summed E-state index contributed by atoms with van der Waals surface area (Å²) in [5, 5.41) is 35.6. The zero-order valence-electron chi connectivity index (χ0n) is 21.0. The molecule has 0 aliphatic rings. The van der Waals surface area contributed by atoms with E-state index in [0.29, 0.717) is 0 Å². The van der Waals surface area contributed by atoms with E-state index in [2.05, 4.69) is 19.9 Å². The van der Waals surface area contributed by atoms with E-state index in [4.69, 9.17) is 39.6 Å². The maximum atomic E-state index is 8.89. The Kier molecular flexibility index (Phi) is 40.5. The van der Waals surface area contributed by atoms with Gasteiger partial charge in [-0.15, -0.1) is 0 Å². The molecule has 0 fully saturated rings. The van der Waals surface area contributed by atoms with Crippen LogP contribution in [0.25, 0.3) is 0 Å². The molecule has 0 N–H and O–H groups in total. The van der Waals surface area contributed by atoms with Crippen LogP contribution < -0.4 is 30.2 Å². The van der Waals surface area contributed by atoms with E-state index in [-0.39, 0.29) is 34.1 Å². The number of hydrogen-bond acceptors (Lipinski definition) is 14. The third-order valence-corrected chi connectivity index (χ3v) is 2.02. The van der Waals surface area contributed by atoms with Crippen molar-refractivity contribution in [3.05, 3.63) is 37.2 Å². The summed E-state index contributed by atoms with van der Waals surface area (Å²) in [7, 11) is 7.74. The van der Waals surface area contributed by atoms with E-state index in [0.717, 1.165) is 39.3 Å². The number of carbonyl (C=O) groups excluding carboxylic acids is 4. The van der Waals surface area contributed by atoms with Crippen LogP contribution in [0.15, 0.2) is 37.2 Å². The van der Waals surface area contributed by atoms with Crippen LogP contribution in [0.3, 0.4) is 0 Å². The van der Waals surface area contributed by atoms with Crippen molar-refractivity contribution in [2.45, 2.75) is 27.7 Å². The molecule has 36 heavy (non-hydrogen) atoms. The van der Waals surface area contributed by atoms with Gasteiger partial charge in [0.05, 0.1) is 12.4 Å². The molecule has 210 valence electrons. The number of carbonyl (C=O) groups is 4. The molecule has 0 atom stereocenters. The first-order valence-corrected chi connectivity index (χ1v) is 9.11. The molecule has 2 aromatic heterocycles. The smallest absolute Gasteiger partial charge is 0.550 e. The van der Waals surface area contributed by atoms with Gasteiger partial charge >= 0.3 is 34.1 Å². The Hall–Kier alpha value is -3.32. The molecule has 0 aromatic carbocycles. The van der Waals surface area contributed by atoms with Crippen molar-refractivity contribution >= 4 is 35.5 Å². The zero-order valence-corrected chi connectivity index (χ0v) is 22.9. The molecule has 0 amide bonds. The van der Waals surface area contributed by atoms with Crippen LogP contribution in [0, 0.1) is 0 Å². The van der Waals surface area contributed by atoms with Gasteiger partial charge in [-0.1, -0.05) is 0 Å². The average molecular weight is 610 g/mol. The van der Waals surface area contributed by atoms with Gasteiger partial charge in [0.25, 0.3) is 0 Å². The summed E-state index contributed by atoms with van der Waals surface area (Å²) in [5.74, 6) is -2.56. The fraction of sp³-hybridized carbons (Fsp3) is 0.400. The van der Waals surface area contributed by atoms with Crippen LogP contribution in [-0.2, 0) is 53.3 Å². The SMILES string of the molecule is CC(=O)[O-].CC(=O)[O-].CC(=O)[O-].CC(=O)[O-].CN(C)c1cnccn1.CN(C)c1cnccn1.[Cu+2].[Cu+2]. The Labute approximate surface area is 231 Å². The normalized spacial score (nSPS) is 7.33. The van der Waals surface area contributed by atoms with E-state index in [9.17, 15) is 0 Å². The Bertz CT molecular complexity index is 694. The number of aromatic nitrogens is 4. The van der Waals surface area contributed by atoms with E-state index in [1.165, 1.54) is 0 Å². The summed E-state index contributed by atoms with van der Waals surface area (Å²) < 4.78 is 0. The molecule has 16 heteroatoms.